The highest BCUT2D eigenvalue weighted by Gasteiger charge is 2.28. The van der Waals surface area contributed by atoms with Gasteiger partial charge in [0.15, 0.2) is 5.13 Å². The van der Waals surface area contributed by atoms with E-state index in [-0.39, 0.29) is 11.8 Å². The first kappa shape index (κ1) is 19.5. The third-order valence-corrected chi connectivity index (χ3v) is 7.18. The standard InChI is InChI=1S/C22H31N3O2S/c1-27-18-11-12-19-20(14-18)28-22(24-19)25-13-7-8-16(15-25)21(26)23-17-9-5-3-2-4-6-10-17/h11-12,14,16-17H,2-10,13,15H2,1H3,(H,23,26). The van der Waals surface area contributed by atoms with E-state index in [1.165, 1.54) is 32.1 Å². The second-order valence-electron chi connectivity index (χ2n) is 8.17. The molecular weight excluding hydrogens is 370 g/mol. The van der Waals surface area contributed by atoms with Gasteiger partial charge in [-0.2, -0.15) is 0 Å². The molecular formula is C22H31N3O2S. The zero-order valence-corrected chi connectivity index (χ0v) is 17.6. The normalized spacial score (nSPS) is 21.9. The molecule has 4 rings (SSSR count). The Kier molecular flexibility index (Phi) is 6.35. The van der Waals surface area contributed by atoms with Gasteiger partial charge < -0.3 is 15.0 Å². The van der Waals surface area contributed by atoms with E-state index in [4.69, 9.17) is 9.72 Å². The SMILES string of the molecule is COc1ccc2nc(N3CCCC(C(=O)NC4CCCCCCC4)C3)sc2c1. The van der Waals surface area contributed by atoms with Crippen LogP contribution in [0.15, 0.2) is 18.2 Å². The molecule has 2 fully saturated rings. The third kappa shape index (κ3) is 4.59. The summed E-state index contributed by atoms with van der Waals surface area (Å²) in [5, 5.41) is 4.39. The van der Waals surface area contributed by atoms with Crippen LogP contribution in [-0.2, 0) is 4.79 Å². The predicted octanol–water partition coefficient (Wildman–Crippen LogP) is 4.75. The van der Waals surface area contributed by atoms with Crippen LogP contribution >= 0.6 is 11.3 Å². The van der Waals surface area contributed by atoms with Gasteiger partial charge in [0.1, 0.15) is 5.75 Å². The number of carbonyl (C=O) groups excluding carboxylic acids is 1. The zero-order valence-electron chi connectivity index (χ0n) is 16.8. The van der Waals surface area contributed by atoms with Crippen molar-refractivity contribution >= 4 is 32.6 Å². The molecule has 1 atom stereocenters. The summed E-state index contributed by atoms with van der Waals surface area (Å²) >= 11 is 1.69. The summed E-state index contributed by atoms with van der Waals surface area (Å²) in [4.78, 5) is 20.0. The van der Waals surface area contributed by atoms with Gasteiger partial charge in [-0.05, 0) is 43.9 Å². The Morgan fingerprint density at radius 3 is 2.71 bits per heavy atom. The Morgan fingerprint density at radius 2 is 1.93 bits per heavy atom. The maximum Gasteiger partial charge on any atom is 0.225 e. The highest BCUT2D eigenvalue weighted by Crippen LogP contribution is 2.33. The Bertz CT molecular complexity index is 798. The third-order valence-electron chi connectivity index (χ3n) is 6.10. The summed E-state index contributed by atoms with van der Waals surface area (Å²) in [7, 11) is 1.69. The van der Waals surface area contributed by atoms with E-state index < -0.39 is 0 Å². The molecule has 1 saturated heterocycles. The van der Waals surface area contributed by atoms with E-state index in [1.54, 1.807) is 18.4 Å². The Labute approximate surface area is 171 Å². The highest BCUT2D eigenvalue weighted by atomic mass is 32.1. The average Bonchev–Trinajstić information content (AvgIpc) is 3.13. The van der Waals surface area contributed by atoms with Crippen molar-refractivity contribution in [3.8, 4) is 5.75 Å². The highest BCUT2D eigenvalue weighted by molar-refractivity contribution is 7.22. The van der Waals surface area contributed by atoms with Gasteiger partial charge >= 0.3 is 0 Å². The second kappa shape index (κ2) is 9.12. The minimum absolute atomic E-state index is 0.0701. The lowest BCUT2D eigenvalue weighted by Gasteiger charge is -2.33. The van der Waals surface area contributed by atoms with Gasteiger partial charge in [-0.25, -0.2) is 4.98 Å². The fourth-order valence-electron chi connectivity index (χ4n) is 4.44. The smallest absolute Gasteiger partial charge is 0.225 e. The molecule has 1 aliphatic carbocycles. The van der Waals surface area contributed by atoms with E-state index in [0.717, 1.165) is 59.9 Å². The van der Waals surface area contributed by atoms with Gasteiger partial charge in [-0.1, -0.05) is 43.4 Å². The summed E-state index contributed by atoms with van der Waals surface area (Å²) in [5.41, 5.74) is 1.00. The number of benzene rings is 1. The molecule has 28 heavy (non-hydrogen) atoms. The molecule has 0 spiro atoms. The Hall–Kier alpha value is -1.82. The van der Waals surface area contributed by atoms with Crippen LogP contribution in [0.1, 0.15) is 57.8 Å². The van der Waals surface area contributed by atoms with Crippen LogP contribution in [0, 0.1) is 5.92 Å². The minimum Gasteiger partial charge on any atom is -0.497 e. The molecule has 0 radical (unpaired) electrons. The van der Waals surface area contributed by atoms with Crippen molar-refractivity contribution in [1.82, 2.24) is 10.3 Å². The van der Waals surface area contributed by atoms with Crippen molar-refractivity contribution in [2.75, 3.05) is 25.1 Å². The number of fused-ring (bicyclic) bond motifs is 1. The Morgan fingerprint density at radius 1 is 1.14 bits per heavy atom. The van der Waals surface area contributed by atoms with Crippen LogP contribution in [0.4, 0.5) is 5.13 Å². The number of methoxy groups -OCH3 is 1. The van der Waals surface area contributed by atoms with Gasteiger partial charge in [0, 0.05) is 19.1 Å². The first-order chi connectivity index (χ1) is 13.7. The van der Waals surface area contributed by atoms with Crippen LogP contribution < -0.4 is 15.0 Å². The van der Waals surface area contributed by atoms with Gasteiger partial charge in [0.25, 0.3) is 0 Å². The zero-order chi connectivity index (χ0) is 19.3. The second-order valence-corrected chi connectivity index (χ2v) is 9.17. The van der Waals surface area contributed by atoms with E-state index in [9.17, 15) is 4.79 Å². The van der Waals surface area contributed by atoms with Crippen molar-refractivity contribution in [1.29, 1.82) is 0 Å². The summed E-state index contributed by atoms with van der Waals surface area (Å²) < 4.78 is 6.46. The van der Waals surface area contributed by atoms with E-state index in [2.05, 4.69) is 10.2 Å². The number of anilines is 1. The monoisotopic (exact) mass is 401 g/mol. The van der Waals surface area contributed by atoms with Crippen molar-refractivity contribution in [2.24, 2.45) is 5.92 Å². The number of carbonyl (C=O) groups is 1. The number of hydrogen-bond acceptors (Lipinski definition) is 5. The van der Waals surface area contributed by atoms with Crippen molar-refractivity contribution in [3.05, 3.63) is 18.2 Å². The maximum atomic E-state index is 12.9. The molecule has 6 heteroatoms. The number of piperidine rings is 1. The maximum absolute atomic E-state index is 12.9. The molecule has 0 bridgehead atoms. The van der Waals surface area contributed by atoms with Gasteiger partial charge in [0.2, 0.25) is 5.91 Å². The number of rotatable bonds is 4. The fraction of sp³-hybridized carbons (Fsp3) is 0.636. The number of ether oxygens (including phenoxy) is 1. The number of aromatic nitrogens is 1. The van der Waals surface area contributed by atoms with Crippen LogP contribution in [0.5, 0.6) is 5.75 Å². The molecule has 2 aliphatic rings. The van der Waals surface area contributed by atoms with Crippen molar-refractivity contribution in [3.63, 3.8) is 0 Å². The van der Waals surface area contributed by atoms with Crippen LogP contribution in [0.2, 0.25) is 0 Å². The number of nitrogens with zero attached hydrogens (tertiary/aromatic N) is 2. The largest absolute Gasteiger partial charge is 0.497 e. The summed E-state index contributed by atoms with van der Waals surface area (Å²) in [6, 6.07) is 6.38. The van der Waals surface area contributed by atoms with Crippen LogP contribution in [0.3, 0.4) is 0 Å². The molecule has 1 aromatic carbocycles. The van der Waals surface area contributed by atoms with Crippen molar-refractivity contribution < 1.29 is 9.53 Å². The van der Waals surface area contributed by atoms with E-state index in [0.29, 0.717) is 6.04 Å². The summed E-state index contributed by atoms with van der Waals surface area (Å²) in [5.74, 6) is 1.18. The van der Waals surface area contributed by atoms with Gasteiger partial charge in [-0.15, -0.1) is 0 Å². The number of thiazole rings is 1. The molecule has 1 aliphatic heterocycles. The molecule has 152 valence electrons. The van der Waals surface area contributed by atoms with E-state index >= 15 is 0 Å². The van der Waals surface area contributed by atoms with Crippen molar-refractivity contribution in [2.45, 2.75) is 63.8 Å². The molecule has 2 heterocycles. The molecule has 1 N–H and O–H groups in total. The minimum atomic E-state index is 0.0701. The fourth-order valence-corrected chi connectivity index (χ4v) is 5.47. The molecule has 1 saturated carbocycles. The van der Waals surface area contributed by atoms with Gasteiger partial charge in [-0.3, -0.25) is 4.79 Å². The lowest BCUT2D eigenvalue weighted by molar-refractivity contribution is -0.126. The lowest BCUT2D eigenvalue weighted by Crippen LogP contribution is -2.46. The number of hydrogen-bond donors (Lipinski definition) is 1. The first-order valence-electron chi connectivity index (χ1n) is 10.7. The van der Waals surface area contributed by atoms with E-state index in [1.807, 2.05) is 18.2 Å². The Balaban J connectivity index is 1.40. The molecule has 1 aromatic heterocycles. The topological polar surface area (TPSA) is 54.5 Å². The summed E-state index contributed by atoms with van der Waals surface area (Å²) in [6.07, 6.45) is 10.8. The summed E-state index contributed by atoms with van der Waals surface area (Å²) in [6.45, 7) is 1.75. The van der Waals surface area contributed by atoms with Gasteiger partial charge in [0.05, 0.1) is 23.2 Å². The van der Waals surface area contributed by atoms with Crippen LogP contribution in [0.25, 0.3) is 10.2 Å². The molecule has 1 unspecified atom stereocenters. The lowest BCUT2D eigenvalue weighted by atomic mass is 9.94. The van der Waals surface area contributed by atoms with Crippen LogP contribution in [-0.4, -0.2) is 37.1 Å². The quantitative estimate of drug-likeness (QED) is 0.803. The average molecular weight is 402 g/mol. The first-order valence-corrected chi connectivity index (χ1v) is 11.5. The molecule has 1 amide bonds. The predicted molar refractivity (Wildman–Crippen MR) is 115 cm³/mol. The molecule has 2 aromatic rings. The number of nitrogens with one attached hydrogen (secondary N) is 1. The number of amides is 1. The molecule has 5 nitrogen and oxygen atoms in total.